The standard InChI is InChI=1S/C19H22N2O3/c22-18(15-6-2-1-3-7-15)19(23)21-13-14-10-11-17(20-12-14)24-16-8-4-5-9-16/h1-3,6-7,10-12,16,18,22H,4-5,8-9,13H2,(H,21,23). The third-order valence-electron chi connectivity index (χ3n) is 4.22. The number of nitrogens with zero attached hydrogens (tertiary/aromatic N) is 1. The molecule has 1 aliphatic carbocycles. The molecule has 5 heteroatoms. The maximum atomic E-state index is 12.0. The van der Waals surface area contributed by atoms with Crippen molar-refractivity contribution >= 4 is 5.91 Å². The van der Waals surface area contributed by atoms with Gasteiger partial charge in [-0.05, 0) is 36.8 Å². The molecular weight excluding hydrogens is 304 g/mol. The van der Waals surface area contributed by atoms with E-state index in [0.29, 0.717) is 18.0 Å². The van der Waals surface area contributed by atoms with Gasteiger partial charge in [0.15, 0.2) is 6.10 Å². The molecule has 0 bridgehead atoms. The SMILES string of the molecule is O=C(NCc1ccc(OC2CCCC2)nc1)C(O)c1ccccc1. The highest BCUT2D eigenvalue weighted by Gasteiger charge is 2.18. The lowest BCUT2D eigenvalue weighted by Gasteiger charge is -2.13. The number of nitrogens with one attached hydrogen (secondary N) is 1. The Kier molecular flexibility index (Phi) is 5.43. The highest BCUT2D eigenvalue weighted by Crippen LogP contribution is 2.22. The van der Waals surface area contributed by atoms with E-state index < -0.39 is 12.0 Å². The fourth-order valence-corrected chi connectivity index (χ4v) is 2.83. The maximum absolute atomic E-state index is 12.0. The molecule has 3 rings (SSSR count). The first-order valence-corrected chi connectivity index (χ1v) is 8.34. The van der Waals surface area contributed by atoms with Gasteiger partial charge in [0.05, 0.1) is 0 Å². The van der Waals surface area contributed by atoms with Gasteiger partial charge < -0.3 is 15.2 Å². The van der Waals surface area contributed by atoms with Gasteiger partial charge in [0.1, 0.15) is 6.10 Å². The van der Waals surface area contributed by atoms with E-state index in [1.165, 1.54) is 12.8 Å². The van der Waals surface area contributed by atoms with E-state index in [9.17, 15) is 9.90 Å². The van der Waals surface area contributed by atoms with Crippen molar-refractivity contribution in [3.63, 3.8) is 0 Å². The third kappa shape index (κ3) is 4.32. The molecule has 2 N–H and O–H groups in total. The smallest absolute Gasteiger partial charge is 0.253 e. The quantitative estimate of drug-likeness (QED) is 0.856. The van der Waals surface area contributed by atoms with E-state index >= 15 is 0 Å². The van der Waals surface area contributed by atoms with Gasteiger partial charge in [-0.3, -0.25) is 4.79 Å². The maximum Gasteiger partial charge on any atom is 0.253 e. The lowest BCUT2D eigenvalue weighted by Crippen LogP contribution is -2.28. The number of amides is 1. The van der Waals surface area contributed by atoms with Crippen molar-refractivity contribution in [1.29, 1.82) is 0 Å². The summed E-state index contributed by atoms with van der Waals surface area (Å²) < 4.78 is 5.81. The predicted octanol–water partition coefficient (Wildman–Crippen LogP) is 2.75. The summed E-state index contributed by atoms with van der Waals surface area (Å²) in [7, 11) is 0. The second-order valence-corrected chi connectivity index (χ2v) is 6.06. The van der Waals surface area contributed by atoms with Crippen molar-refractivity contribution in [2.45, 2.75) is 44.4 Å². The van der Waals surface area contributed by atoms with Crippen LogP contribution in [0.5, 0.6) is 5.88 Å². The summed E-state index contributed by atoms with van der Waals surface area (Å²) in [6.07, 6.45) is 5.44. The number of aromatic nitrogens is 1. The van der Waals surface area contributed by atoms with Crippen LogP contribution < -0.4 is 10.1 Å². The first-order chi connectivity index (χ1) is 11.7. The minimum Gasteiger partial charge on any atom is -0.474 e. The zero-order chi connectivity index (χ0) is 16.8. The molecule has 1 aromatic carbocycles. The number of rotatable bonds is 6. The molecule has 1 saturated carbocycles. The second-order valence-electron chi connectivity index (χ2n) is 6.06. The molecule has 0 radical (unpaired) electrons. The molecule has 0 saturated heterocycles. The van der Waals surface area contributed by atoms with Crippen molar-refractivity contribution in [3.8, 4) is 5.88 Å². The first kappa shape index (κ1) is 16.5. The van der Waals surface area contributed by atoms with Crippen LogP contribution in [0.1, 0.15) is 42.9 Å². The molecule has 1 atom stereocenters. The zero-order valence-corrected chi connectivity index (χ0v) is 13.5. The molecule has 126 valence electrons. The van der Waals surface area contributed by atoms with E-state index in [0.717, 1.165) is 18.4 Å². The minimum absolute atomic E-state index is 0.282. The summed E-state index contributed by atoms with van der Waals surface area (Å²) >= 11 is 0. The number of ether oxygens (including phenoxy) is 1. The molecule has 1 fully saturated rings. The molecule has 0 spiro atoms. The van der Waals surface area contributed by atoms with Gasteiger partial charge in [0, 0.05) is 18.8 Å². The Morgan fingerprint density at radius 2 is 1.96 bits per heavy atom. The molecule has 2 aromatic rings. The first-order valence-electron chi connectivity index (χ1n) is 8.34. The Morgan fingerprint density at radius 1 is 1.21 bits per heavy atom. The number of aliphatic hydroxyl groups is 1. The summed E-state index contributed by atoms with van der Waals surface area (Å²) in [5, 5.41) is 12.7. The number of hydrogen-bond donors (Lipinski definition) is 2. The summed E-state index contributed by atoms with van der Waals surface area (Å²) in [6.45, 7) is 0.319. The van der Waals surface area contributed by atoms with E-state index in [1.54, 1.807) is 30.5 Å². The summed E-state index contributed by atoms with van der Waals surface area (Å²) in [5.41, 5.74) is 1.44. The fourth-order valence-electron chi connectivity index (χ4n) is 2.83. The Labute approximate surface area is 141 Å². The monoisotopic (exact) mass is 326 g/mol. The van der Waals surface area contributed by atoms with Crippen LogP contribution in [-0.4, -0.2) is 22.1 Å². The molecular formula is C19H22N2O3. The van der Waals surface area contributed by atoms with Gasteiger partial charge in [-0.15, -0.1) is 0 Å². The second kappa shape index (κ2) is 7.93. The number of carbonyl (C=O) groups excluding carboxylic acids is 1. The van der Waals surface area contributed by atoms with E-state index in [4.69, 9.17) is 4.74 Å². The molecule has 1 unspecified atom stereocenters. The molecule has 1 aromatic heterocycles. The van der Waals surface area contributed by atoms with Crippen molar-refractivity contribution in [2.75, 3.05) is 0 Å². The van der Waals surface area contributed by atoms with Gasteiger partial charge >= 0.3 is 0 Å². The van der Waals surface area contributed by atoms with Gasteiger partial charge in [-0.25, -0.2) is 4.98 Å². The van der Waals surface area contributed by atoms with Crippen LogP contribution in [0.25, 0.3) is 0 Å². The third-order valence-corrected chi connectivity index (χ3v) is 4.22. The lowest BCUT2D eigenvalue weighted by molar-refractivity contribution is -0.129. The van der Waals surface area contributed by atoms with Crippen molar-refractivity contribution in [2.24, 2.45) is 0 Å². The highest BCUT2D eigenvalue weighted by molar-refractivity contribution is 5.81. The zero-order valence-electron chi connectivity index (χ0n) is 13.5. The van der Waals surface area contributed by atoms with Crippen LogP contribution in [0.3, 0.4) is 0 Å². The molecule has 24 heavy (non-hydrogen) atoms. The molecule has 0 aliphatic heterocycles. The summed E-state index contributed by atoms with van der Waals surface area (Å²) in [5.74, 6) is 0.203. The normalized spacial score (nSPS) is 15.9. The van der Waals surface area contributed by atoms with E-state index in [1.807, 2.05) is 18.2 Å². The topological polar surface area (TPSA) is 71.5 Å². The van der Waals surface area contributed by atoms with Crippen molar-refractivity contribution in [1.82, 2.24) is 10.3 Å². The Bertz CT molecular complexity index is 652. The molecule has 1 heterocycles. The van der Waals surface area contributed by atoms with Crippen LogP contribution >= 0.6 is 0 Å². The lowest BCUT2D eigenvalue weighted by atomic mass is 10.1. The van der Waals surface area contributed by atoms with Crippen LogP contribution in [0, 0.1) is 0 Å². The Morgan fingerprint density at radius 3 is 2.62 bits per heavy atom. The minimum atomic E-state index is -1.16. The number of aliphatic hydroxyl groups excluding tert-OH is 1. The molecule has 5 nitrogen and oxygen atoms in total. The summed E-state index contributed by atoms with van der Waals surface area (Å²) in [4.78, 5) is 16.3. The molecule has 1 amide bonds. The predicted molar refractivity (Wildman–Crippen MR) is 90.4 cm³/mol. The van der Waals surface area contributed by atoms with Crippen LogP contribution in [0.2, 0.25) is 0 Å². The van der Waals surface area contributed by atoms with Gasteiger partial charge in [0.25, 0.3) is 5.91 Å². The fraction of sp³-hybridized carbons (Fsp3) is 0.368. The number of carbonyl (C=O) groups is 1. The van der Waals surface area contributed by atoms with E-state index in [2.05, 4.69) is 10.3 Å². The van der Waals surface area contributed by atoms with Gasteiger partial charge in [0.2, 0.25) is 5.88 Å². The summed E-state index contributed by atoms with van der Waals surface area (Å²) in [6, 6.07) is 12.6. The van der Waals surface area contributed by atoms with Gasteiger partial charge in [-0.2, -0.15) is 0 Å². The largest absolute Gasteiger partial charge is 0.474 e. The number of hydrogen-bond acceptors (Lipinski definition) is 4. The molecule has 1 aliphatic rings. The van der Waals surface area contributed by atoms with Crippen LogP contribution in [0.15, 0.2) is 48.7 Å². The highest BCUT2D eigenvalue weighted by atomic mass is 16.5. The Hall–Kier alpha value is -2.40. The van der Waals surface area contributed by atoms with Crippen molar-refractivity contribution < 1.29 is 14.6 Å². The average molecular weight is 326 g/mol. The average Bonchev–Trinajstić information content (AvgIpc) is 3.14. The Balaban J connectivity index is 1.50. The van der Waals surface area contributed by atoms with E-state index in [-0.39, 0.29) is 6.10 Å². The van der Waals surface area contributed by atoms with Crippen LogP contribution in [0.4, 0.5) is 0 Å². The van der Waals surface area contributed by atoms with Crippen molar-refractivity contribution in [3.05, 3.63) is 59.8 Å². The number of benzene rings is 1. The van der Waals surface area contributed by atoms with Crippen LogP contribution in [-0.2, 0) is 11.3 Å². The van der Waals surface area contributed by atoms with Gasteiger partial charge in [-0.1, -0.05) is 36.4 Å². The number of pyridine rings is 1.